The van der Waals surface area contributed by atoms with Crippen molar-refractivity contribution in [3.05, 3.63) is 42.1 Å². The normalized spacial score (nSPS) is 16.3. The van der Waals surface area contributed by atoms with E-state index in [0.29, 0.717) is 18.2 Å². The van der Waals surface area contributed by atoms with Crippen molar-refractivity contribution < 1.29 is 4.79 Å². The maximum atomic E-state index is 12.0. The van der Waals surface area contributed by atoms with Gasteiger partial charge in [0.05, 0.1) is 5.52 Å². The Morgan fingerprint density at radius 2 is 2.11 bits per heavy atom. The molecule has 1 fully saturated rings. The lowest BCUT2D eigenvalue weighted by Crippen LogP contribution is -2.38. The van der Waals surface area contributed by atoms with E-state index in [0.717, 1.165) is 10.9 Å². The molecule has 19 heavy (non-hydrogen) atoms. The van der Waals surface area contributed by atoms with Gasteiger partial charge >= 0.3 is 0 Å². The van der Waals surface area contributed by atoms with Gasteiger partial charge in [-0.3, -0.25) is 4.79 Å². The number of nitrogens with one attached hydrogen (secondary N) is 1. The first kappa shape index (κ1) is 12.1. The number of rotatable bonds is 4. The predicted molar refractivity (Wildman–Crippen MR) is 74.8 cm³/mol. The number of para-hydroxylation sites is 1. The fourth-order valence-corrected chi connectivity index (χ4v) is 2.18. The molecule has 1 aliphatic carbocycles. The molecular formula is C15H17N3O. The molecule has 4 heteroatoms. The van der Waals surface area contributed by atoms with Crippen molar-refractivity contribution in [1.82, 2.24) is 10.3 Å². The van der Waals surface area contributed by atoms with Gasteiger partial charge in [-0.15, -0.1) is 0 Å². The number of aromatic nitrogens is 1. The first-order valence-electron chi connectivity index (χ1n) is 6.63. The van der Waals surface area contributed by atoms with Crippen LogP contribution in [0.3, 0.4) is 0 Å². The van der Waals surface area contributed by atoms with Crippen LogP contribution in [-0.2, 0) is 0 Å². The molecular weight excluding hydrogens is 238 g/mol. The standard InChI is InChI=1S/C15H17N3O/c16-12(10-5-6-10)9-17-15(19)14-8-7-11-3-1-2-4-13(11)18-14/h1-4,7-8,10,12H,5-6,9,16H2,(H,17,19). The molecule has 1 amide bonds. The van der Waals surface area contributed by atoms with E-state index in [1.807, 2.05) is 30.3 Å². The highest BCUT2D eigenvalue weighted by molar-refractivity contribution is 5.94. The topological polar surface area (TPSA) is 68.0 Å². The lowest BCUT2D eigenvalue weighted by atomic mass is 10.2. The number of nitrogens with zero attached hydrogens (tertiary/aromatic N) is 1. The molecule has 0 bridgehead atoms. The molecule has 1 aromatic heterocycles. The number of fused-ring (bicyclic) bond motifs is 1. The zero-order valence-electron chi connectivity index (χ0n) is 10.7. The van der Waals surface area contributed by atoms with Crippen LogP contribution >= 0.6 is 0 Å². The van der Waals surface area contributed by atoms with Crippen LogP contribution in [0.4, 0.5) is 0 Å². The Morgan fingerprint density at radius 1 is 1.32 bits per heavy atom. The molecule has 1 aliphatic rings. The number of hydrogen-bond donors (Lipinski definition) is 2. The van der Waals surface area contributed by atoms with E-state index < -0.39 is 0 Å². The maximum absolute atomic E-state index is 12.0. The van der Waals surface area contributed by atoms with Gasteiger partial charge in [0.2, 0.25) is 0 Å². The number of carbonyl (C=O) groups excluding carboxylic acids is 1. The molecule has 0 aliphatic heterocycles. The highest BCUT2D eigenvalue weighted by Gasteiger charge is 2.28. The fraction of sp³-hybridized carbons (Fsp3) is 0.333. The van der Waals surface area contributed by atoms with E-state index in [-0.39, 0.29) is 11.9 Å². The highest BCUT2D eigenvalue weighted by Crippen LogP contribution is 2.31. The van der Waals surface area contributed by atoms with Gasteiger partial charge in [-0.25, -0.2) is 4.98 Å². The van der Waals surface area contributed by atoms with Crippen LogP contribution in [0.5, 0.6) is 0 Å². The molecule has 4 nitrogen and oxygen atoms in total. The number of amides is 1. The van der Waals surface area contributed by atoms with Crippen LogP contribution in [0.15, 0.2) is 36.4 Å². The zero-order valence-corrected chi connectivity index (χ0v) is 10.7. The largest absolute Gasteiger partial charge is 0.349 e. The van der Waals surface area contributed by atoms with Crippen LogP contribution in [0.1, 0.15) is 23.3 Å². The second-order valence-electron chi connectivity index (χ2n) is 5.10. The summed E-state index contributed by atoms with van der Waals surface area (Å²) >= 11 is 0. The van der Waals surface area contributed by atoms with Gasteiger partial charge in [0, 0.05) is 18.0 Å². The lowest BCUT2D eigenvalue weighted by molar-refractivity contribution is 0.0945. The summed E-state index contributed by atoms with van der Waals surface area (Å²) in [6.45, 7) is 0.526. The van der Waals surface area contributed by atoms with Gasteiger partial charge in [0.15, 0.2) is 0 Å². The number of hydrogen-bond acceptors (Lipinski definition) is 3. The Labute approximate surface area is 112 Å². The van der Waals surface area contributed by atoms with Crippen LogP contribution in [0, 0.1) is 5.92 Å². The molecule has 0 saturated heterocycles. The highest BCUT2D eigenvalue weighted by atomic mass is 16.1. The number of benzene rings is 1. The zero-order chi connectivity index (χ0) is 13.2. The number of pyridine rings is 1. The van der Waals surface area contributed by atoms with Crippen molar-refractivity contribution >= 4 is 16.8 Å². The third kappa shape index (κ3) is 2.74. The van der Waals surface area contributed by atoms with Crippen molar-refractivity contribution in [1.29, 1.82) is 0 Å². The van der Waals surface area contributed by atoms with Gasteiger partial charge in [-0.2, -0.15) is 0 Å². The van der Waals surface area contributed by atoms with Gasteiger partial charge in [-0.1, -0.05) is 24.3 Å². The third-order valence-corrected chi connectivity index (χ3v) is 3.56. The second-order valence-corrected chi connectivity index (χ2v) is 5.10. The van der Waals surface area contributed by atoms with Gasteiger partial charge in [0.1, 0.15) is 5.69 Å². The summed E-state index contributed by atoms with van der Waals surface area (Å²) in [5.41, 5.74) is 7.24. The average molecular weight is 255 g/mol. The Kier molecular flexibility index (Phi) is 3.17. The summed E-state index contributed by atoms with van der Waals surface area (Å²) in [5.74, 6) is 0.437. The lowest BCUT2D eigenvalue weighted by Gasteiger charge is -2.11. The maximum Gasteiger partial charge on any atom is 0.269 e. The Morgan fingerprint density at radius 3 is 2.89 bits per heavy atom. The molecule has 3 N–H and O–H groups in total. The van der Waals surface area contributed by atoms with Crippen LogP contribution in [0.2, 0.25) is 0 Å². The smallest absolute Gasteiger partial charge is 0.269 e. The van der Waals surface area contributed by atoms with Crippen molar-refractivity contribution in [2.45, 2.75) is 18.9 Å². The number of nitrogens with two attached hydrogens (primary N) is 1. The average Bonchev–Trinajstić information content (AvgIpc) is 3.28. The molecule has 0 radical (unpaired) electrons. The molecule has 98 valence electrons. The van der Waals surface area contributed by atoms with E-state index in [1.165, 1.54) is 12.8 Å². The van der Waals surface area contributed by atoms with E-state index in [4.69, 9.17) is 5.73 Å². The van der Waals surface area contributed by atoms with Crippen LogP contribution in [-0.4, -0.2) is 23.5 Å². The second kappa shape index (κ2) is 4.97. The summed E-state index contributed by atoms with van der Waals surface area (Å²) < 4.78 is 0. The van der Waals surface area contributed by atoms with E-state index in [2.05, 4.69) is 10.3 Å². The molecule has 0 spiro atoms. The van der Waals surface area contributed by atoms with Gasteiger partial charge < -0.3 is 11.1 Å². The van der Waals surface area contributed by atoms with Crippen LogP contribution < -0.4 is 11.1 Å². The number of carbonyl (C=O) groups is 1. The van der Waals surface area contributed by atoms with E-state index >= 15 is 0 Å². The Balaban J connectivity index is 1.70. The Bertz CT molecular complexity index is 607. The fourth-order valence-electron chi connectivity index (χ4n) is 2.18. The molecule has 2 aromatic rings. The Hall–Kier alpha value is -1.94. The quantitative estimate of drug-likeness (QED) is 0.873. The minimum atomic E-state index is -0.151. The first-order chi connectivity index (χ1) is 9.24. The van der Waals surface area contributed by atoms with Crippen molar-refractivity contribution in [3.8, 4) is 0 Å². The monoisotopic (exact) mass is 255 g/mol. The molecule has 1 saturated carbocycles. The van der Waals surface area contributed by atoms with E-state index in [9.17, 15) is 4.79 Å². The van der Waals surface area contributed by atoms with Gasteiger partial charge in [-0.05, 0) is 30.9 Å². The SMILES string of the molecule is NC(CNC(=O)c1ccc2ccccc2n1)C1CC1. The van der Waals surface area contributed by atoms with E-state index in [1.54, 1.807) is 6.07 Å². The van der Waals surface area contributed by atoms with Gasteiger partial charge in [0.25, 0.3) is 5.91 Å². The first-order valence-corrected chi connectivity index (χ1v) is 6.63. The molecule has 1 heterocycles. The predicted octanol–water partition coefficient (Wildman–Crippen LogP) is 1.70. The van der Waals surface area contributed by atoms with Crippen molar-refractivity contribution in [3.63, 3.8) is 0 Å². The molecule has 1 aromatic carbocycles. The minimum absolute atomic E-state index is 0.0735. The molecule has 1 atom stereocenters. The minimum Gasteiger partial charge on any atom is -0.349 e. The third-order valence-electron chi connectivity index (χ3n) is 3.56. The molecule has 3 rings (SSSR count). The van der Waals surface area contributed by atoms with Crippen LogP contribution in [0.25, 0.3) is 10.9 Å². The summed E-state index contributed by atoms with van der Waals surface area (Å²) in [4.78, 5) is 16.4. The summed E-state index contributed by atoms with van der Waals surface area (Å²) in [7, 11) is 0. The summed E-state index contributed by atoms with van der Waals surface area (Å²) in [6.07, 6.45) is 2.37. The van der Waals surface area contributed by atoms with Crippen molar-refractivity contribution in [2.24, 2.45) is 11.7 Å². The summed E-state index contributed by atoms with van der Waals surface area (Å²) in [6, 6.07) is 11.5. The van der Waals surface area contributed by atoms with Crippen molar-refractivity contribution in [2.75, 3.05) is 6.54 Å². The molecule has 1 unspecified atom stereocenters. The summed E-state index contributed by atoms with van der Waals surface area (Å²) in [5, 5.41) is 3.89.